The van der Waals surface area contributed by atoms with Crippen molar-refractivity contribution in [2.75, 3.05) is 26.3 Å². The van der Waals surface area contributed by atoms with Crippen LogP contribution < -0.4 is 24.8 Å². The molecule has 7 nitrogen and oxygen atoms in total. The fourth-order valence-corrected chi connectivity index (χ4v) is 3.26. The first kappa shape index (κ1) is 22.7. The molecule has 1 unspecified atom stereocenters. The van der Waals surface area contributed by atoms with Crippen LogP contribution in [0.4, 0.5) is 0 Å². The summed E-state index contributed by atoms with van der Waals surface area (Å²) in [4.78, 5) is 4.67. The van der Waals surface area contributed by atoms with Crippen molar-refractivity contribution in [3.63, 3.8) is 0 Å². The highest BCUT2D eigenvalue weighted by atomic mass is 16.5. The van der Waals surface area contributed by atoms with Gasteiger partial charge in [-0.15, -0.1) is 0 Å². The summed E-state index contributed by atoms with van der Waals surface area (Å²) in [6.45, 7) is 8.74. The van der Waals surface area contributed by atoms with E-state index in [1.165, 1.54) is 0 Å². The van der Waals surface area contributed by atoms with Crippen molar-refractivity contribution in [3.05, 3.63) is 53.6 Å². The zero-order valence-corrected chi connectivity index (χ0v) is 18.6. The van der Waals surface area contributed by atoms with Gasteiger partial charge in [0.05, 0.1) is 32.0 Å². The molecule has 3 rings (SSSR count). The van der Waals surface area contributed by atoms with Crippen LogP contribution in [0.5, 0.6) is 17.2 Å². The van der Waals surface area contributed by atoms with Gasteiger partial charge >= 0.3 is 0 Å². The highest BCUT2D eigenvalue weighted by Crippen LogP contribution is 2.33. The third-order valence-corrected chi connectivity index (χ3v) is 4.68. The molecule has 1 aliphatic heterocycles. The molecule has 1 aliphatic rings. The number of benzene rings is 2. The number of para-hydroxylation sites is 1. The Morgan fingerprint density at radius 1 is 1.13 bits per heavy atom. The minimum atomic E-state index is -0.690. The van der Waals surface area contributed by atoms with Crippen LogP contribution in [0, 0.1) is 0 Å². The molecular formula is C24H33N3O4. The molecule has 7 heteroatoms. The van der Waals surface area contributed by atoms with Crippen LogP contribution in [0.3, 0.4) is 0 Å². The molecule has 0 fully saturated rings. The highest BCUT2D eigenvalue weighted by Gasteiger charge is 2.15. The molecule has 2 aromatic rings. The van der Waals surface area contributed by atoms with Gasteiger partial charge in [-0.1, -0.05) is 24.3 Å². The molecule has 168 valence electrons. The fourth-order valence-electron chi connectivity index (χ4n) is 3.26. The van der Waals surface area contributed by atoms with Crippen LogP contribution in [-0.2, 0) is 6.54 Å². The average molecular weight is 428 g/mol. The topological polar surface area (TPSA) is 84.3 Å². The third-order valence-electron chi connectivity index (χ3n) is 4.68. The standard InChI is InChI=1S/C24H33N3O4/c1-4-25-24(26-15-19-9-6-11-22-23(19)30-13-7-12-29-22)27-16-21(28)18-8-5-10-20(14-18)31-17(2)3/h5-6,8-11,14,17,21,28H,4,7,12-13,15-16H2,1-3H3,(H2,25,26,27). The van der Waals surface area contributed by atoms with E-state index < -0.39 is 6.10 Å². The molecular weight excluding hydrogens is 394 g/mol. The van der Waals surface area contributed by atoms with E-state index in [1.807, 2.05) is 63.2 Å². The summed E-state index contributed by atoms with van der Waals surface area (Å²) in [7, 11) is 0. The Bertz CT molecular complexity index is 870. The first-order chi connectivity index (χ1) is 15.1. The number of guanidine groups is 1. The maximum Gasteiger partial charge on any atom is 0.191 e. The van der Waals surface area contributed by atoms with E-state index in [0.717, 1.165) is 34.8 Å². The van der Waals surface area contributed by atoms with Crippen molar-refractivity contribution >= 4 is 5.96 Å². The van der Waals surface area contributed by atoms with Crippen molar-refractivity contribution in [1.29, 1.82) is 0 Å². The number of nitrogens with zero attached hydrogens (tertiary/aromatic N) is 1. The molecule has 31 heavy (non-hydrogen) atoms. The lowest BCUT2D eigenvalue weighted by Gasteiger charge is -2.17. The monoisotopic (exact) mass is 427 g/mol. The molecule has 0 spiro atoms. The van der Waals surface area contributed by atoms with Crippen LogP contribution in [0.15, 0.2) is 47.5 Å². The predicted molar refractivity (Wildman–Crippen MR) is 122 cm³/mol. The van der Waals surface area contributed by atoms with Gasteiger partial charge in [0.1, 0.15) is 5.75 Å². The first-order valence-electron chi connectivity index (χ1n) is 10.9. The number of rotatable bonds is 8. The lowest BCUT2D eigenvalue weighted by molar-refractivity contribution is 0.179. The zero-order chi connectivity index (χ0) is 22.1. The van der Waals surface area contributed by atoms with Crippen LogP contribution >= 0.6 is 0 Å². The normalized spacial score (nSPS) is 14.7. The molecule has 1 heterocycles. The Labute approximate surface area is 184 Å². The Morgan fingerprint density at radius 2 is 1.94 bits per heavy atom. The Hall–Kier alpha value is -2.93. The van der Waals surface area contributed by atoms with E-state index in [4.69, 9.17) is 14.2 Å². The number of ether oxygens (including phenoxy) is 3. The fraction of sp³-hybridized carbons (Fsp3) is 0.458. The number of aliphatic hydroxyl groups is 1. The SMILES string of the molecule is CCNC(=NCc1cccc2c1OCCCO2)NCC(O)c1cccc(OC(C)C)c1. The maximum atomic E-state index is 10.6. The second kappa shape index (κ2) is 11.5. The van der Waals surface area contributed by atoms with Gasteiger partial charge in [-0.25, -0.2) is 4.99 Å². The summed E-state index contributed by atoms with van der Waals surface area (Å²) >= 11 is 0. The molecule has 0 amide bonds. The molecule has 0 aromatic heterocycles. The number of aliphatic imine (C=N–C) groups is 1. The molecule has 2 aromatic carbocycles. The van der Waals surface area contributed by atoms with Crippen molar-refractivity contribution in [1.82, 2.24) is 10.6 Å². The van der Waals surface area contributed by atoms with E-state index in [9.17, 15) is 5.11 Å². The summed E-state index contributed by atoms with van der Waals surface area (Å²) < 4.78 is 17.4. The molecule has 0 bridgehead atoms. The van der Waals surface area contributed by atoms with Crippen LogP contribution in [0.25, 0.3) is 0 Å². The van der Waals surface area contributed by atoms with Crippen LogP contribution in [0.1, 0.15) is 44.4 Å². The number of hydrogen-bond donors (Lipinski definition) is 3. The molecule has 3 N–H and O–H groups in total. The number of fused-ring (bicyclic) bond motifs is 1. The summed E-state index contributed by atoms with van der Waals surface area (Å²) in [5, 5.41) is 17.1. The van der Waals surface area contributed by atoms with Crippen LogP contribution in [0.2, 0.25) is 0 Å². The number of nitrogens with one attached hydrogen (secondary N) is 2. The van der Waals surface area contributed by atoms with Crippen molar-refractivity contribution in [2.45, 2.75) is 45.9 Å². The predicted octanol–water partition coefficient (Wildman–Crippen LogP) is 3.42. The van der Waals surface area contributed by atoms with Gasteiger partial charge in [-0.05, 0) is 44.5 Å². The zero-order valence-electron chi connectivity index (χ0n) is 18.6. The Kier molecular flexibility index (Phi) is 8.41. The van der Waals surface area contributed by atoms with Gasteiger partial charge in [0.25, 0.3) is 0 Å². The third kappa shape index (κ3) is 6.79. The van der Waals surface area contributed by atoms with Crippen molar-refractivity contribution < 1.29 is 19.3 Å². The summed E-state index contributed by atoms with van der Waals surface area (Å²) in [6.07, 6.45) is 0.257. The van der Waals surface area contributed by atoms with Gasteiger partial charge in [0, 0.05) is 25.1 Å². The summed E-state index contributed by atoms with van der Waals surface area (Å²) in [5.41, 5.74) is 1.76. The number of aliphatic hydroxyl groups excluding tert-OH is 1. The van der Waals surface area contributed by atoms with Gasteiger partial charge in [0.15, 0.2) is 17.5 Å². The van der Waals surface area contributed by atoms with E-state index in [-0.39, 0.29) is 6.10 Å². The Balaban J connectivity index is 1.64. The lowest BCUT2D eigenvalue weighted by atomic mass is 10.1. The molecule has 0 aliphatic carbocycles. The van der Waals surface area contributed by atoms with Gasteiger partial charge in [0.2, 0.25) is 0 Å². The largest absolute Gasteiger partial charge is 0.491 e. The smallest absolute Gasteiger partial charge is 0.191 e. The van der Waals surface area contributed by atoms with Gasteiger partial charge in [-0.2, -0.15) is 0 Å². The minimum absolute atomic E-state index is 0.0837. The lowest BCUT2D eigenvalue weighted by Crippen LogP contribution is -2.39. The minimum Gasteiger partial charge on any atom is -0.491 e. The Morgan fingerprint density at radius 3 is 2.74 bits per heavy atom. The highest BCUT2D eigenvalue weighted by molar-refractivity contribution is 5.79. The van der Waals surface area contributed by atoms with Gasteiger partial charge in [-0.3, -0.25) is 0 Å². The van der Waals surface area contributed by atoms with Crippen molar-refractivity contribution in [2.24, 2.45) is 4.99 Å². The quantitative estimate of drug-likeness (QED) is 0.442. The molecule has 0 saturated heterocycles. The maximum absolute atomic E-state index is 10.6. The second-order valence-corrected chi connectivity index (χ2v) is 7.63. The van der Waals surface area contributed by atoms with E-state index in [2.05, 4.69) is 15.6 Å². The van der Waals surface area contributed by atoms with E-state index in [1.54, 1.807) is 0 Å². The van der Waals surface area contributed by atoms with E-state index >= 15 is 0 Å². The van der Waals surface area contributed by atoms with Crippen LogP contribution in [-0.4, -0.2) is 43.5 Å². The van der Waals surface area contributed by atoms with Gasteiger partial charge < -0.3 is 30.0 Å². The summed E-state index contributed by atoms with van der Waals surface area (Å²) in [5.74, 6) is 2.91. The summed E-state index contributed by atoms with van der Waals surface area (Å²) in [6, 6.07) is 13.4. The first-order valence-corrected chi connectivity index (χ1v) is 10.9. The second-order valence-electron chi connectivity index (χ2n) is 7.63. The average Bonchev–Trinajstić information content (AvgIpc) is 3.01. The van der Waals surface area contributed by atoms with E-state index in [0.29, 0.717) is 38.8 Å². The molecule has 0 saturated carbocycles. The molecule has 1 atom stereocenters. The van der Waals surface area contributed by atoms with Crippen molar-refractivity contribution in [3.8, 4) is 17.2 Å². The number of hydrogen-bond acceptors (Lipinski definition) is 5. The molecule has 0 radical (unpaired) electrons.